The normalized spacial score (nSPS) is 18.5. The minimum absolute atomic E-state index is 0.120. The highest BCUT2D eigenvalue weighted by Crippen LogP contribution is 2.36. The van der Waals surface area contributed by atoms with Crippen LogP contribution in [0.25, 0.3) is 0 Å². The first-order valence-electron chi connectivity index (χ1n) is 6.16. The van der Waals surface area contributed by atoms with E-state index in [1.807, 2.05) is 18.3 Å². The smallest absolute Gasteiger partial charge is 0.0542 e. The number of nitrogens with one attached hydrogen (secondary N) is 1. The summed E-state index contributed by atoms with van der Waals surface area (Å²) >= 11 is 3.37. The molecule has 2 rings (SSSR count). The molecule has 1 aliphatic carbocycles. The molecule has 4 heteroatoms. The van der Waals surface area contributed by atoms with Gasteiger partial charge in [0.1, 0.15) is 0 Å². The Kier molecular flexibility index (Phi) is 4.54. The Morgan fingerprint density at radius 2 is 2.12 bits per heavy atom. The third kappa shape index (κ3) is 3.50. The van der Waals surface area contributed by atoms with Crippen molar-refractivity contribution in [1.82, 2.24) is 10.3 Å². The van der Waals surface area contributed by atoms with Crippen LogP contribution in [0.2, 0.25) is 0 Å². The highest BCUT2D eigenvalue weighted by atomic mass is 79.9. The molecule has 0 aromatic carbocycles. The fourth-order valence-electron chi connectivity index (χ4n) is 2.48. The van der Waals surface area contributed by atoms with Gasteiger partial charge in [-0.05, 0) is 40.9 Å². The Hall–Kier alpha value is -0.450. The van der Waals surface area contributed by atoms with Crippen LogP contribution in [-0.2, 0) is 6.54 Å². The molecule has 0 atom stereocenters. The monoisotopic (exact) mass is 298 g/mol. The molecule has 0 amide bonds. The number of hydrogen-bond acceptors (Lipinski definition) is 3. The Morgan fingerprint density at radius 1 is 1.35 bits per heavy atom. The average molecular weight is 299 g/mol. The van der Waals surface area contributed by atoms with E-state index in [1.165, 1.54) is 12.8 Å². The Morgan fingerprint density at radius 3 is 2.71 bits per heavy atom. The Labute approximate surface area is 111 Å². The van der Waals surface area contributed by atoms with Crippen molar-refractivity contribution in [2.75, 3.05) is 13.2 Å². The lowest BCUT2D eigenvalue weighted by Gasteiger charge is -2.26. The average Bonchev–Trinajstić information content (AvgIpc) is 2.81. The van der Waals surface area contributed by atoms with E-state index in [-0.39, 0.29) is 5.41 Å². The van der Waals surface area contributed by atoms with Gasteiger partial charge in [-0.2, -0.15) is 0 Å². The number of hydrogen-bond donors (Lipinski definition) is 2. The lowest BCUT2D eigenvalue weighted by molar-refractivity contribution is 0.128. The SMILES string of the molecule is OCC1(CNCc2ccc(Br)cn2)CCCC1. The van der Waals surface area contributed by atoms with Crippen LogP contribution in [0.15, 0.2) is 22.8 Å². The maximum atomic E-state index is 9.49. The number of aliphatic hydroxyl groups excluding tert-OH is 1. The summed E-state index contributed by atoms with van der Waals surface area (Å²) in [6.45, 7) is 1.96. The van der Waals surface area contributed by atoms with Gasteiger partial charge in [-0.3, -0.25) is 4.98 Å². The lowest BCUT2D eigenvalue weighted by Crippen LogP contribution is -2.34. The molecule has 2 N–H and O–H groups in total. The van der Waals surface area contributed by atoms with Gasteiger partial charge in [0.2, 0.25) is 0 Å². The molecule has 0 unspecified atom stereocenters. The molecule has 1 aliphatic rings. The third-order valence-electron chi connectivity index (χ3n) is 3.59. The van der Waals surface area contributed by atoms with Crippen molar-refractivity contribution in [2.45, 2.75) is 32.2 Å². The van der Waals surface area contributed by atoms with Crippen LogP contribution in [-0.4, -0.2) is 23.2 Å². The van der Waals surface area contributed by atoms with Gasteiger partial charge in [0.05, 0.1) is 5.69 Å². The number of nitrogens with zero attached hydrogens (tertiary/aromatic N) is 1. The first kappa shape index (κ1) is 13.0. The number of halogens is 1. The zero-order valence-electron chi connectivity index (χ0n) is 9.95. The van der Waals surface area contributed by atoms with Gasteiger partial charge in [0.25, 0.3) is 0 Å². The van der Waals surface area contributed by atoms with Crippen molar-refractivity contribution >= 4 is 15.9 Å². The van der Waals surface area contributed by atoms with E-state index in [9.17, 15) is 5.11 Å². The second kappa shape index (κ2) is 5.94. The first-order valence-corrected chi connectivity index (χ1v) is 6.95. The van der Waals surface area contributed by atoms with Crippen LogP contribution in [0.5, 0.6) is 0 Å². The molecule has 1 heterocycles. The minimum Gasteiger partial charge on any atom is -0.396 e. The van der Waals surface area contributed by atoms with E-state index >= 15 is 0 Å². The summed E-state index contributed by atoms with van der Waals surface area (Å²) in [6, 6.07) is 4.01. The number of aliphatic hydroxyl groups is 1. The molecule has 1 aromatic rings. The predicted octanol–water partition coefficient (Wildman–Crippen LogP) is 2.49. The summed E-state index contributed by atoms with van der Waals surface area (Å²) in [6.07, 6.45) is 6.60. The molecule has 0 bridgehead atoms. The second-order valence-corrected chi connectivity index (χ2v) is 5.85. The van der Waals surface area contributed by atoms with Crippen LogP contribution in [0.3, 0.4) is 0 Å². The summed E-state index contributed by atoms with van der Waals surface area (Å²) in [4.78, 5) is 4.32. The van der Waals surface area contributed by atoms with Gasteiger partial charge >= 0.3 is 0 Å². The Bertz CT molecular complexity index is 347. The van der Waals surface area contributed by atoms with Crippen LogP contribution in [0.1, 0.15) is 31.4 Å². The summed E-state index contributed by atoms with van der Waals surface area (Å²) in [5, 5.41) is 12.9. The molecule has 0 radical (unpaired) electrons. The molecule has 17 heavy (non-hydrogen) atoms. The highest BCUT2D eigenvalue weighted by Gasteiger charge is 2.32. The van der Waals surface area contributed by atoms with Crippen molar-refractivity contribution in [3.05, 3.63) is 28.5 Å². The van der Waals surface area contributed by atoms with E-state index in [1.54, 1.807) is 0 Å². The topological polar surface area (TPSA) is 45.1 Å². The maximum Gasteiger partial charge on any atom is 0.0542 e. The summed E-state index contributed by atoms with van der Waals surface area (Å²) in [7, 11) is 0. The number of pyridine rings is 1. The molecule has 1 saturated carbocycles. The molecule has 1 aromatic heterocycles. The lowest BCUT2D eigenvalue weighted by atomic mass is 9.87. The summed E-state index contributed by atoms with van der Waals surface area (Å²) in [5.41, 5.74) is 1.16. The van der Waals surface area contributed by atoms with Crippen LogP contribution in [0.4, 0.5) is 0 Å². The van der Waals surface area contributed by atoms with Gasteiger partial charge in [-0.1, -0.05) is 12.8 Å². The fraction of sp³-hybridized carbons (Fsp3) is 0.615. The van der Waals surface area contributed by atoms with Crippen molar-refractivity contribution in [2.24, 2.45) is 5.41 Å². The van der Waals surface area contributed by atoms with E-state index < -0.39 is 0 Å². The second-order valence-electron chi connectivity index (χ2n) is 4.94. The number of aromatic nitrogens is 1. The van der Waals surface area contributed by atoms with Crippen molar-refractivity contribution < 1.29 is 5.11 Å². The van der Waals surface area contributed by atoms with E-state index in [0.717, 1.165) is 36.1 Å². The molecule has 0 aliphatic heterocycles. The van der Waals surface area contributed by atoms with Gasteiger partial charge in [-0.25, -0.2) is 0 Å². The van der Waals surface area contributed by atoms with Crippen LogP contribution >= 0.6 is 15.9 Å². The zero-order valence-corrected chi connectivity index (χ0v) is 11.5. The fourth-order valence-corrected chi connectivity index (χ4v) is 2.72. The highest BCUT2D eigenvalue weighted by molar-refractivity contribution is 9.10. The summed E-state index contributed by atoms with van der Waals surface area (Å²) in [5.74, 6) is 0. The maximum absolute atomic E-state index is 9.49. The van der Waals surface area contributed by atoms with Gasteiger partial charge in [0, 0.05) is 35.8 Å². The minimum atomic E-state index is 0.120. The number of rotatable bonds is 5. The molecule has 94 valence electrons. The van der Waals surface area contributed by atoms with Gasteiger partial charge in [-0.15, -0.1) is 0 Å². The Balaban J connectivity index is 1.80. The molecule has 0 saturated heterocycles. The molecule has 3 nitrogen and oxygen atoms in total. The first-order chi connectivity index (χ1) is 8.24. The van der Waals surface area contributed by atoms with Crippen molar-refractivity contribution in [3.8, 4) is 0 Å². The zero-order chi connectivity index (χ0) is 12.1. The summed E-state index contributed by atoms with van der Waals surface area (Å²) < 4.78 is 1.00. The van der Waals surface area contributed by atoms with Crippen molar-refractivity contribution in [1.29, 1.82) is 0 Å². The quantitative estimate of drug-likeness (QED) is 0.878. The largest absolute Gasteiger partial charge is 0.396 e. The van der Waals surface area contributed by atoms with Crippen molar-refractivity contribution in [3.63, 3.8) is 0 Å². The molecule has 0 spiro atoms. The van der Waals surface area contributed by atoms with Crippen LogP contribution < -0.4 is 5.32 Å². The molecular weight excluding hydrogens is 280 g/mol. The van der Waals surface area contributed by atoms with Crippen LogP contribution in [0, 0.1) is 5.41 Å². The van der Waals surface area contributed by atoms with Gasteiger partial charge in [0.15, 0.2) is 0 Å². The molecule has 1 fully saturated rings. The third-order valence-corrected chi connectivity index (χ3v) is 4.06. The molecular formula is C13H19BrN2O. The van der Waals surface area contributed by atoms with E-state index in [2.05, 4.69) is 26.2 Å². The van der Waals surface area contributed by atoms with Gasteiger partial charge < -0.3 is 10.4 Å². The van der Waals surface area contributed by atoms with E-state index in [4.69, 9.17) is 0 Å². The standard InChI is InChI=1S/C13H19BrN2O/c14-11-3-4-12(16-7-11)8-15-9-13(10-17)5-1-2-6-13/h3-4,7,15,17H,1-2,5-6,8-10H2. The van der Waals surface area contributed by atoms with E-state index in [0.29, 0.717) is 6.61 Å². The predicted molar refractivity (Wildman–Crippen MR) is 71.6 cm³/mol.